The second-order valence-electron chi connectivity index (χ2n) is 7.85. The van der Waals surface area contributed by atoms with Crippen LogP contribution in [0.5, 0.6) is 5.75 Å². The monoisotopic (exact) mass is 504 g/mol. The Morgan fingerprint density at radius 1 is 1.19 bits per heavy atom. The molecular formula is C22H25BrN4O3S. The molecule has 0 atom stereocenters. The molecule has 1 fully saturated rings. The van der Waals surface area contributed by atoms with Gasteiger partial charge in [-0.05, 0) is 42.8 Å². The Morgan fingerprint density at radius 3 is 2.71 bits per heavy atom. The zero-order valence-electron chi connectivity index (χ0n) is 17.7. The van der Waals surface area contributed by atoms with Gasteiger partial charge in [0.1, 0.15) is 24.0 Å². The number of hydrogen-bond donors (Lipinski definition) is 1. The lowest BCUT2D eigenvalue weighted by molar-refractivity contribution is 0.0258. The summed E-state index contributed by atoms with van der Waals surface area (Å²) in [4.78, 5) is 8.89. The maximum atomic E-state index is 12.1. The molecule has 0 radical (unpaired) electrons. The van der Waals surface area contributed by atoms with Gasteiger partial charge in [0.05, 0.1) is 30.1 Å². The van der Waals surface area contributed by atoms with Gasteiger partial charge in [-0.15, -0.1) is 0 Å². The molecule has 7 nitrogen and oxygen atoms in total. The van der Waals surface area contributed by atoms with Crippen LogP contribution in [0.1, 0.15) is 18.4 Å². The molecule has 3 aromatic rings. The van der Waals surface area contributed by atoms with Gasteiger partial charge in [-0.1, -0.05) is 15.9 Å². The Balaban J connectivity index is 1.71. The average Bonchev–Trinajstić information content (AvgIpc) is 2.69. The number of anilines is 2. The zero-order chi connectivity index (χ0) is 22.0. The van der Waals surface area contributed by atoms with Crippen molar-refractivity contribution in [1.29, 1.82) is 0 Å². The first-order valence-corrected chi connectivity index (χ1v) is 13.1. The van der Waals surface area contributed by atoms with Crippen molar-refractivity contribution in [2.45, 2.75) is 25.9 Å². The molecule has 1 saturated heterocycles. The molecule has 0 bridgehead atoms. The molecule has 9 heteroatoms. The van der Waals surface area contributed by atoms with Gasteiger partial charge in [-0.3, -0.25) is 0 Å². The Labute approximate surface area is 190 Å². The van der Waals surface area contributed by atoms with Crippen LogP contribution in [0.4, 0.5) is 17.2 Å². The van der Waals surface area contributed by atoms with Gasteiger partial charge in [-0.25, -0.2) is 14.2 Å². The number of nitrogens with zero attached hydrogens (tertiary/aromatic N) is 3. The molecule has 2 heterocycles. The minimum Gasteiger partial charge on any atom is -0.488 e. The van der Waals surface area contributed by atoms with Gasteiger partial charge in [0.15, 0.2) is 0 Å². The fourth-order valence-corrected chi connectivity index (χ4v) is 4.53. The molecule has 0 saturated carbocycles. The van der Waals surface area contributed by atoms with Gasteiger partial charge in [0, 0.05) is 44.9 Å². The number of rotatable bonds is 5. The largest absolute Gasteiger partial charge is 0.488 e. The molecule has 1 aliphatic rings. The second kappa shape index (κ2) is 9.10. The molecule has 0 aliphatic carbocycles. The highest BCUT2D eigenvalue weighted by atomic mass is 79.9. The van der Waals surface area contributed by atoms with Crippen molar-refractivity contribution in [3.63, 3.8) is 0 Å². The summed E-state index contributed by atoms with van der Waals surface area (Å²) in [5.41, 5.74) is 3.17. The van der Waals surface area contributed by atoms with Crippen molar-refractivity contribution < 1.29 is 13.7 Å². The number of nitrogens with one attached hydrogen (secondary N) is 1. The third-order valence-corrected chi connectivity index (χ3v) is 6.05. The smallest absolute Gasteiger partial charge is 0.144 e. The third-order valence-electron chi connectivity index (χ3n) is 4.90. The molecule has 0 spiro atoms. The summed E-state index contributed by atoms with van der Waals surface area (Å²) in [7, 11) is -2.26. The summed E-state index contributed by atoms with van der Waals surface area (Å²) in [5, 5.41) is 4.31. The summed E-state index contributed by atoms with van der Waals surface area (Å²) in [6.45, 7) is 3.41. The first kappa shape index (κ1) is 22.0. The van der Waals surface area contributed by atoms with Crippen molar-refractivity contribution in [2.75, 3.05) is 31.0 Å². The van der Waals surface area contributed by atoms with Crippen molar-refractivity contribution in [1.82, 2.24) is 9.97 Å². The molecule has 0 amide bonds. The van der Waals surface area contributed by atoms with E-state index in [2.05, 4.69) is 35.6 Å². The van der Waals surface area contributed by atoms with E-state index in [-0.39, 0.29) is 6.10 Å². The predicted octanol–water partition coefficient (Wildman–Crippen LogP) is 5.36. The van der Waals surface area contributed by atoms with E-state index in [0.717, 1.165) is 45.2 Å². The van der Waals surface area contributed by atoms with Crippen LogP contribution in [0.3, 0.4) is 0 Å². The lowest BCUT2D eigenvalue weighted by Crippen LogP contribution is -2.26. The number of halogens is 1. The van der Waals surface area contributed by atoms with Crippen LogP contribution in [-0.2, 0) is 14.5 Å². The molecule has 164 valence electrons. The van der Waals surface area contributed by atoms with Crippen molar-refractivity contribution in [2.24, 2.45) is 4.36 Å². The average molecular weight is 505 g/mol. The van der Waals surface area contributed by atoms with Crippen LogP contribution in [0, 0.1) is 6.92 Å². The summed E-state index contributed by atoms with van der Waals surface area (Å²) in [6, 6.07) is 9.64. The van der Waals surface area contributed by atoms with E-state index in [4.69, 9.17) is 9.47 Å². The number of fused-ring (bicyclic) bond motifs is 1. The van der Waals surface area contributed by atoms with Gasteiger partial charge >= 0.3 is 0 Å². The molecule has 1 aromatic heterocycles. The standard InChI is InChI=1S/C22H25BrN4O3S/c1-14-10-16(27-31(2,3)28)12-19-21(14)22(25-13-24-19)26-18-5-4-15(23)11-20(18)30-17-6-8-29-9-7-17/h4-5,10-13,17H,6-9H2,1-3H3,(H,24,25,26). The maximum Gasteiger partial charge on any atom is 0.144 e. The Hall–Kier alpha value is -2.23. The summed E-state index contributed by atoms with van der Waals surface area (Å²) in [5.74, 6) is 1.44. The predicted molar refractivity (Wildman–Crippen MR) is 128 cm³/mol. The summed E-state index contributed by atoms with van der Waals surface area (Å²) in [6.07, 6.45) is 6.60. The maximum absolute atomic E-state index is 12.1. The van der Waals surface area contributed by atoms with Crippen molar-refractivity contribution in [3.05, 3.63) is 46.7 Å². The van der Waals surface area contributed by atoms with E-state index in [1.165, 1.54) is 6.33 Å². The molecule has 0 unspecified atom stereocenters. The Kier molecular flexibility index (Phi) is 6.45. The number of hydrogen-bond acceptors (Lipinski definition) is 7. The van der Waals surface area contributed by atoms with Crippen LogP contribution < -0.4 is 10.1 Å². The van der Waals surface area contributed by atoms with E-state index >= 15 is 0 Å². The van der Waals surface area contributed by atoms with Crippen LogP contribution >= 0.6 is 15.9 Å². The van der Waals surface area contributed by atoms with E-state index in [1.54, 1.807) is 12.5 Å². The van der Waals surface area contributed by atoms with Crippen molar-refractivity contribution >= 4 is 53.8 Å². The van der Waals surface area contributed by atoms with Crippen LogP contribution in [0.2, 0.25) is 0 Å². The van der Waals surface area contributed by atoms with Gasteiger partial charge in [0.25, 0.3) is 0 Å². The lowest BCUT2D eigenvalue weighted by Gasteiger charge is -2.25. The topological polar surface area (TPSA) is 85.7 Å². The molecule has 4 rings (SSSR count). The summed E-state index contributed by atoms with van der Waals surface area (Å²) < 4.78 is 29.1. The molecule has 1 N–H and O–H groups in total. The molecule has 2 aromatic carbocycles. The Bertz CT molecular complexity index is 1230. The van der Waals surface area contributed by atoms with E-state index in [9.17, 15) is 4.21 Å². The normalized spacial score (nSPS) is 15.1. The van der Waals surface area contributed by atoms with Crippen LogP contribution in [0.25, 0.3) is 10.9 Å². The van der Waals surface area contributed by atoms with Crippen LogP contribution in [0.15, 0.2) is 45.5 Å². The quantitative estimate of drug-likeness (QED) is 0.503. The number of ether oxygens (including phenoxy) is 2. The third kappa shape index (κ3) is 5.53. The van der Waals surface area contributed by atoms with Gasteiger partial charge in [0.2, 0.25) is 0 Å². The highest BCUT2D eigenvalue weighted by Gasteiger charge is 2.18. The number of aryl methyl sites for hydroxylation is 1. The minimum absolute atomic E-state index is 0.120. The van der Waals surface area contributed by atoms with Crippen molar-refractivity contribution in [3.8, 4) is 5.75 Å². The minimum atomic E-state index is -2.26. The fraction of sp³-hybridized carbons (Fsp3) is 0.364. The Morgan fingerprint density at radius 2 is 1.97 bits per heavy atom. The highest BCUT2D eigenvalue weighted by Crippen LogP contribution is 2.35. The zero-order valence-corrected chi connectivity index (χ0v) is 20.1. The van der Waals surface area contributed by atoms with Gasteiger partial charge in [-0.2, -0.15) is 4.36 Å². The molecule has 1 aliphatic heterocycles. The molecular weight excluding hydrogens is 480 g/mol. The van der Waals surface area contributed by atoms with E-state index < -0.39 is 9.73 Å². The lowest BCUT2D eigenvalue weighted by atomic mass is 10.1. The number of benzene rings is 2. The highest BCUT2D eigenvalue weighted by molar-refractivity contribution is 9.10. The molecule has 31 heavy (non-hydrogen) atoms. The fourth-order valence-electron chi connectivity index (χ4n) is 3.57. The van der Waals surface area contributed by atoms with E-state index in [0.29, 0.717) is 24.7 Å². The van der Waals surface area contributed by atoms with Gasteiger partial charge < -0.3 is 14.8 Å². The summed E-state index contributed by atoms with van der Waals surface area (Å²) >= 11 is 3.54. The first-order chi connectivity index (χ1) is 14.8. The van der Waals surface area contributed by atoms with Crippen LogP contribution in [-0.4, -0.2) is 46.0 Å². The number of aromatic nitrogens is 2. The SMILES string of the molecule is Cc1cc(N=S(C)(C)=O)cc2ncnc(Nc3ccc(Br)cc3OC3CCOCC3)c12. The first-order valence-electron chi connectivity index (χ1n) is 10.0. The second-order valence-corrected chi connectivity index (χ2v) is 11.3. The van der Waals surface area contributed by atoms with E-state index in [1.807, 2.05) is 37.3 Å².